The van der Waals surface area contributed by atoms with E-state index in [4.69, 9.17) is 5.73 Å². The average molecular weight is 259 g/mol. The first-order chi connectivity index (χ1) is 7.43. The quantitative estimate of drug-likeness (QED) is 0.821. The zero-order valence-electron chi connectivity index (χ0n) is 9.51. The molecule has 0 aromatic heterocycles. The molecule has 0 saturated carbocycles. The highest BCUT2D eigenvalue weighted by atomic mass is 32.2. The monoisotopic (exact) mass is 259 g/mol. The fourth-order valence-electron chi connectivity index (χ4n) is 1.29. The fourth-order valence-corrected chi connectivity index (χ4v) is 2.93. The first-order valence-electron chi connectivity index (χ1n) is 5.10. The maximum Gasteiger partial charge on any atom is 0.175 e. The van der Waals surface area contributed by atoms with E-state index in [1.165, 1.54) is 6.26 Å². The summed E-state index contributed by atoms with van der Waals surface area (Å²) in [5.41, 5.74) is 5.47. The molecule has 1 rings (SSSR count). The highest BCUT2D eigenvalue weighted by Gasteiger charge is 2.07. The smallest absolute Gasteiger partial charge is 0.175 e. The molecule has 1 atom stereocenters. The lowest BCUT2D eigenvalue weighted by Gasteiger charge is -2.09. The van der Waals surface area contributed by atoms with Gasteiger partial charge in [0.2, 0.25) is 0 Å². The molecule has 0 spiro atoms. The summed E-state index contributed by atoms with van der Waals surface area (Å²) in [7, 11) is -3.09. The SMILES string of the molecule is CC(CCN)Sc1ccc(S(C)(=O)=O)cc1. The number of hydrogen-bond acceptors (Lipinski definition) is 4. The summed E-state index contributed by atoms with van der Waals surface area (Å²) >= 11 is 1.71. The van der Waals surface area contributed by atoms with Gasteiger partial charge in [0, 0.05) is 16.4 Å². The van der Waals surface area contributed by atoms with Gasteiger partial charge in [0.05, 0.1) is 4.90 Å². The molecular weight excluding hydrogens is 242 g/mol. The molecule has 90 valence electrons. The van der Waals surface area contributed by atoms with E-state index < -0.39 is 9.84 Å². The van der Waals surface area contributed by atoms with E-state index in [9.17, 15) is 8.42 Å². The minimum Gasteiger partial charge on any atom is -0.330 e. The van der Waals surface area contributed by atoms with Crippen molar-refractivity contribution in [1.82, 2.24) is 0 Å². The summed E-state index contributed by atoms with van der Waals surface area (Å²) in [4.78, 5) is 1.44. The Morgan fingerprint density at radius 1 is 1.31 bits per heavy atom. The van der Waals surface area contributed by atoms with Crippen molar-refractivity contribution in [1.29, 1.82) is 0 Å². The minimum atomic E-state index is -3.09. The molecule has 3 nitrogen and oxygen atoms in total. The van der Waals surface area contributed by atoms with Crippen LogP contribution in [0.5, 0.6) is 0 Å². The molecule has 1 aromatic rings. The molecule has 0 radical (unpaired) electrons. The van der Waals surface area contributed by atoms with Crippen molar-refractivity contribution in [3.05, 3.63) is 24.3 Å². The molecule has 2 N–H and O–H groups in total. The molecule has 0 amide bonds. The maximum absolute atomic E-state index is 11.2. The second kappa shape index (κ2) is 5.70. The number of nitrogens with two attached hydrogens (primary N) is 1. The van der Waals surface area contributed by atoms with Gasteiger partial charge in [0.1, 0.15) is 0 Å². The summed E-state index contributed by atoms with van der Waals surface area (Å²) < 4.78 is 22.5. The topological polar surface area (TPSA) is 60.2 Å². The Hall–Kier alpha value is -0.520. The number of thioether (sulfide) groups is 1. The lowest BCUT2D eigenvalue weighted by atomic mass is 10.3. The van der Waals surface area contributed by atoms with Gasteiger partial charge in [-0.05, 0) is 37.2 Å². The third-order valence-electron chi connectivity index (χ3n) is 2.16. The van der Waals surface area contributed by atoms with Gasteiger partial charge >= 0.3 is 0 Å². The van der Waals surface area contributed by atoms with Gasteiger partial charge in [-0.3, -0.25) is 0 Å². The zero-order valence-corrected chi connectivity index (χ0v) is 11.1. The number of benzene rings is 1. The molecule has 16 heavy (non-hydrogen) atoms. The molecule has 0 fully saturated rings. The van der Waals surface area contributed by atoms with E-state index in [-0.39, 0.29) is 0 Å². The lowest BCUT2D eigenvalue weighted by Crippen LogP contribution is -2.06. The van der Waals surface area contributed by atoms with Crippen molar-refractivity contribution in [2.24, 2.45) is 5.73 Å². The Balaban J connectivity index is 2.72. The van der Waals surface area contributed by atoms with Crippen LogP contribution in [0.2, 0.25) is 0 Å². The van der Waals surface area contributed by atoms with Crippen molar-refractivity contribution in [2.45, 2.75) is 28.4 Å². The van der Waals surface area contributed by atoms with Gasteiger partial charge in [-0.1, -0.05) is 6.92 Å². The van der Waals surface area contributed by atoms with E-state index in [0.717, 1.165) is 11.3 Å². The van der Waals surface area contributed by atoms with E-state index in [1.54, 1.807) is 23.9 Å². The predicted octanol–water partition coefficient (Wildman–Crippen LogP) is 1.92. The summed E-state index contributed by atoms with van der Waals surface area (Å²) in [6.07, 6.45) is 2.17. The first-order valence-corrected chi connectivity index (χ1v) is 7.87. The van der Waals surface area contributed by atoms with Crippen LogP contribution < -0.4 is 5.73 Å². The molecule has 0 heterocycles. The van der Waals surface area contributed by atoms with Gasteiger partial charge < -0.3 is 5.73 Å². The van der Waals surface area contributed by atoms with Crippen LogP contribution in [0, 0.1) is 0 Å². The van der Waals surface area contributed by atoms with Crippen molar-refractivity contribution in [3.63, 3.8) is 0 Å². The second-order valence-corrected chi connectivity index (χ2v) is 7.28. The largest absolute Gasteiger partial charge is 0.330 e. The Morgan fingerprint density at radius 2 is 1.88 bits per heavy atom. The second-order valence-electron chi connectivity index (χ2n) is 3.75. The highest BCUT2D eigenvalue weighted by molar-refractivity contribution is 8.00. The predicted molar refractivity (Wildman–Crippen MR) is 68.5 cm³/mol. The van der Waals surface area contributed by atoms with E-state index in [0.29, 0.717) is 16.7 Å². The van der Waals surface area contributed by atoms with Crippen LogP contribution in [-0.4, -0.2) is 26.5 Å². The third-order valence-corrected chi connectivity index (χ3v) is 4.47. The fraction of sp³-hybridized carbons (Fsp3) is 0.455. The summed E-state index contributed by atoms with van der Waals surface area (Å²) in [5, 5.41) is 0.453. The molecule has 0 bridgehead atoms. The lowest BCUT2D eigenvalue weighted by molar-refractivity contribution is 0.602. The molecule has 1 aromatic carbocycles. The Morgan fingerprint density at radius 3 is 2.31 bits per heavy atom. The average Bonchev–Trinajstić information content (AvgIpc) is 2.17. The van der Waals surface area contributed by atoms with Crippen molar-refractivity contribution in [3.8, 4) is 0 Å². The van der Waals surface area contributed by atoms with E-state index in [1.807, 2.05) is 12.1 Å². The van der Waals surface area contributed by atoms with Gasteiger partial charge in [-0.25, -0.2) is 8.42 Å². The molecule has 0 aliphatic heterocycles. The minimum absolute atomic E-state index is 0.364. The van der Waals surface area contributed by atoms with Gasteiger partial charge in [-0.15, -0.1) is 11.8 Å². The number of rotatable bonds is 5. The Kier molecular flexibility index (Phi) is 4.83. The van der Waals surface area contributed by atoms with Gasteiger partial charge in [0.25, 0.3) is 0 Å². The van der Waals surface area contributed by atoms with Crippen molar-refractivity contribution in [2.75, 3.05) is 12.8 Å². The molecule has 5 heteroatoms. The number of sulfone groups is 1. The normalized spacial score (nSPS) is 13.7. The molecular formula is C11H17NO2S2. The van der Waals surface area contributed by atoms with Crippen LogP contribution in [0.3, 0.4) is 0 Å². The third kappa shape index (κ3) is 4.15. The number of hydrogen-bond donors (Lipinski definition) is 1. The van der Waals surface area contributed by atoms with Crippen LogP contribution in [0.1, 0.15) is 13.3 Å². The van der Waals surface area contributed by atoms with Crippen LogP contribution in [0.25, 0.3) is 0 Å². The summed E-state index contributed by atoms with van der Waals surface area (Å²) in [6.45, 7) is 2.79. The molecule has 0 aliphatic carbocycles. The van der Waals surface area contributed by atoms with Crippen LogP contribution in [-0.2, 0) is 9.84 Å². The highest BCUT2D eigenvalue weighted by Crippen LogP contribution is 2.25. The van der Waals surface area contributed by atoms with Crippen molar-refractivity contribution >= 4 is 21.6 Å². The molecule has 0 aliphatic rings. The summed E-state index contributed by atoms with van der Waals surface area (Å²) in [6, 6.07) is 6.97. The van der Waals surface area contributed by atoms with Crippen molar-refractivity contribution < 1.29 is 8.42 Å². The van der Waals surface area contributed by atoms with Gasteiger partial charge in [0.15, 0.2) is 9.84 Å². The van der Waals surface area contributed by atoms with E-state index in [2.05, 4.69) is 6.92 Å². The van der Waals surface area contributed by atoms with Gasteiger partial charge in [-0.2, -0.15) is 0 Å². The zero-order chi connectivity index (χ0) is 12.2. The molecule has 0 saturated heterocycles. The van der Waals surface area contributed by atoms with Crippen LogP contribution in [0.15, 0.2) is 34.1 Å². The summed E-state index contributed by atoms with van der Waals surface area (Å²) in [5.74, 6) is 0. The Labute approximate surface area is 101 Å². The van der Waals surface area contributed by atoms with Crippen LogP contribution >= 0.6 is 11.8 Å². The van der Waals surface area contributed by atoms with E-state index >= 15 is 0 Å². The first kappa shape index (κ1) is 13.5. The molecule has 1 unspecified atom stereocenters. The van der Waals surface area contributed by atoms with Crippen LogP contribution in [0.4, 0.5) is 0 Å². The standard InChI is InChI=1S/C11H17NO2S2/c1-9(7-8-12)15-10-3-5-11(6-4-10)16(2,13)14/h3-6,9H,7-8,12H2,1-2H3. The maximum atomic E-state index is 11.2. The Bertz CT molecular complexity index is 426.